The molecule has 0 bridgehead atoms. The Balaban J connectivity index is 2.15. The lowest BCUT2D eigenvalue weighted by Gasteiger charge is -2.14. The maximum Gasteiger partial charge on any atom is 0.252 e. The molecule has 0 aliphatic carbocycles. The third-order valence-corrected chi connectivity index (χ3v) is 2.99. The van der Waals surface area contributed by atoms with Crippen LogP contribution in [0, 0.1) is 6.92 Å². The second-order valence-corrected chi connectivity index (χ2v) is 4.52. The summed E-state index contributed by atoms with van der Waals surface area (Å²) in [7, 11) is 0. The summed E-state index contributed by atoms with van der Waals surface area (Å²) >= 11 is 0. The predicted octanol–water partition coefficient (Wildman–Crippen LogP) is 2.46. The van der Waals surface area contributed by atoms with Crippen LogP contribution in [0.15, 0.2) is 42.6 Å². The Morgan fingerprint density at radius 3 is 2.79 bits per heavy atom. The lowest BCUT2D eigenvalue weighted by molar-refractivity contribution is 0.0938. The summed E-state index contributed by atoms with van der Waals surface area (Å²) in [5.41, 5.74) is 8.63. The molecule has 19 heavy (non-hydrogen) atoms. The SMILES string of the molecule is Cc1ccc(N)cc1C(=O)NC(C)c1ccccn1. The van der Waals surface area contributed by atoms with E-state index in [0.717, 1.165) is 11.3 Å². The minimum atomic E-state index is -0.144. The van der Waals surface area contributed by atoms with E-state index in [2.05, 4.69) is 10.3 Å². The van der Waals surface area contributed by atoms with E-state index in [4.69, 9.17) is 5.73 Å². The molecule has 4 nitrogen and oxygen atoms in total. The molecule has 0 aliphatic heterocycles. The summed E-state index contributed by atoms with van der Waals surface area (Å²) in [5.74, 6) is -0.136. The molecular weight excluding hydrogens is 238 g/mol. The van der Waals surface area contributed by atoms with Crippen LogP contribution in [0.1, 0.15) is 34.6 Å². The first kappa shape index (κ1) is 13.1. The van der Waals surface area contributed by atoms with Gasteiger partial charge in [-0.05, 0) is 43.7 Å². The maximum atomic E-state index is 12.2. The summed E-state index contributed by atoms with van der Waals surface area (Å²) in [6.45, 7) is 3.79. The van der Waals surface area contributed by atoms with Gasteiger partial charge in [0.25, 0.3) is 5.91 Å². The van der Waals surface area contributed by atoms with E-state index in [-0.39, 0.29) is 11.9 Å². The lowest BCUT2D eigenvalue weighted by Crippen LogP contribution is -2.27. The quantitative estimate of drug-likeness (QED) is 0.828. The van der Waals surface area contributed by atoms with Gasteiger partial charge in [-0.25, -0.2) is 0 Å². The Bertz CT molecular complexity index is 581. The molecule has 1 unspecified atom stereocenters. The molecule has 1 aromatic heterocycles. The third kappa shape index (κ3) is 3.10. The number of anilines is 1. The smallest absolute Gasteiger partial charge is 0.252 e. The Hall–Kier alpha value is -2.36. The number of pyridine rings is 1. The fourth-order valence-corrected chi connectivity index (χ4v) is 1.86. The zero-order chi connectivity index (χ0) is 13.8. The molecule has 0 saturated heterocycles. The number of carbonyl (C=O) groups is 1. The number of aromatic nitrogens is 1. The number of nitrogens with zero attached hydrogens (tertiary/aromatic N) is 1. The van der Waals surface area contributed by atoms with Gasteiger partial charge in [-0.15, -0.1) is 0 Å². The summed E-state index contributed by atoms with van der Waals surface area (Å²) in [5, 5.41) is 2.92. The highest BCUT2D eigenvalue weighted by Crippen LogP contribution is 2.15. The van der Waals surface area contributed by atoms with Gasteiger partial charge in [0.2, 0.25) is 0 Å². The van der Waals surface area contributed by atoms with Gasteiger partial charge >= 0.3 is 0 Å². The zero-order valence-electron chi connectivity index (χ0n) is 11.1. The maximum absolute atomic E-state index is 12.2. The van der Waals surface area contributed by atoms with E-state index in [1.54, 1.807) is 18.3 Å². The van der Waals surface area contributed by atoms with Crippen LogP contribution in [0.5, 0.6) is 0 Å². The Morgan fingerprint density at radius 2 is 2.11 bits per heavy atom. The van der Waals surface area contributed by atoms with Crippen molar-refractivity contribution in [1.29, 1.82) is 0 Å². The van der Waals surface area contributed by atoms with Crippen LogP contribution in [0.25, 0.3) is 0 Å². The first-order valence-electron chi connectivity index (χ1n) is 6.16. The van der Waals surface area contributed by atoms with E-state index in [9.17, 15) is 4.79 Å². The molecule has 4 heteroatoms. The summed E-state index contributed by atoms with van der Waals surface area (Å²) in [6.07, 6.45) is 1.71. The molecule has 98 valence electrons. The molecule has 1 amide bonds. The van der Waals surface area contributed by atoms with Crippen molar-refractivity contribution >= 4 is 11.6 Å². The fourth-order valence-electron chi connectivity index (χ4n) is 1.86. The van der Waals surface area contributed by atoms with Crippen molar-refractivity contribution in [2.75, 3.05) is 5.73 Å². The summed E-state index contributed by atoms with van der Waals surface area (Å²) in [6, 6.07) is 10.8. The minimum absolute atomic E-state index is 0.136. The van der Waals surface area contributed by atoms with Gasteiger partial charge in [0.15, 0.2) is 0 Å². The van der Waals surface area contributed by atoms with Crippen molar-refractivity contribution in [2.24, 2.45) is 0 Å². The van der Waals surface area contributed by atoms with Gasteiger partial charge in [0, 0.05) is 17.4 Å². The molecule has 0 fully saturated rings. The molecular formula is C15H17N3O. The largest absolute Gasteiger partial charge is 0.399 e. The number of amides is 1. The predicted molar refractivity (Wildman–Crippen MR) is 75.7 cm³/mol. The topological polar surface area (TPSA) is 68.0 Å². The van der Waals surface area contributed by atoms with Crippen molar-refractivity contribution < 1.29 is 4.79 Å². The van der Waals surface area contributed by atoms with Crippen molar-refractivity contribution in [3.63, 3.8) is 0 Å². The molecule has 0 spiro atoms. The van der Waals surface area contributed by atoms with Crippen LogP contribution < -0.4 is 11.1 Å². The molecule has 1 atom stereocenters. The van der Waals surface area contributed by atoms with Crippen LogP contribution in [0.3, 0.4) is 0 Å². The average Bonchev–Trinajstić information content (AvgIpc) is 2.42. The highest BCUT2D eigenvalue weighted by Gasteiger charge is 2.14. The molecule has 1 aromatic carbocycles. The Labute approximate surface area is 112 Å². The second-order valence-electron chi connectivity index (χ2n) is 4.52. The van der Waals surface area contributed by atoms with Gasteiger partial charge in [-0.2, -0.15) is 0 Å². The van der Waals surface area contributed by atoms with Crippen molar-refractivity contribution in [3.05, 3.63) is 59.4 Å². The van der Waals surface area contributed by atoms with E-state index in [0.29, 0.717) is 11.3 Å². The molecule has 0 radical (unpaired) electrons. The Morgan fingerprint density at radius 1 is 1.32 bits per heavy atom. The molecule has 0 aliphatic rings. The zero-order valence-corrected chi connectivity index (χ0v) is 11.1. The Kier molecular flexibility index (Phi) is 3.80. The third-order valence-electron chi connectivity index (χ3n) is 2.99. The first-order chi connectivity index (χ1) is 9.08. The molecule has 3 N–H and O–H groups in total. The van der Waals surface area contributed by atoms with Crippen molar-refractivity contribution in [2.45, 2.75) is 19.9 Å². The summed E-state index contributed by atoms with van der Waals surface area (Å²) < 4.78 is 0. The van der Waals surface area contributed by atoms with Crippen LogP contribution in [0.4, 0.5) is 5.69 Å². The van der Waals surface area contributed by atoms with E-state index in [1.165, 1.54) is 0 Å². The van der Waals surface area contributed by atoms with Gasteiger partial charge in [-0.3, -0.25) is 9.78 Å². The normalized spacial score (nSPS) is 11.9. The number of rotatable bonds is 3. The molecule has 2 rings (SSSR count). The van der Waals surface area contributed by atoms with Gasteiger partial charge < -0.3 is 11.1 Å². The number of hydrogen-bond donors (Lipinski definition) is 2. The standard InChI is InChI=1S/C15H17N3O/c1-10-6-7-12(16)9-13(10)15(19)18-11(2)14-5-3-4-8-17-14/h3-9,11H,16H2,1-2H3,(H,18,19). The van der Waals surface area contributed by atoms with E-state index in [1.807, 2.05) is 38.1 Å². The van der Waals surface area contributed by atoms with Crippen molar-refractivity contribution in [1.82, 2.24) is 10.3 Å². The molecule has 1 heterocycles. The number of carbonyl (C=O) groups excluding carboxylic acids is 1. The van der Waals surface area contributed by atoms with E-state index >= 15 is 0 Å². The molecule has 2 aromatic rings. The number of hydrogen-bond acceptors (Lipinski definition) is 3. The first-order valence-corrected chi connectivity index (χ1v) is 6.16. The fraction of sp³-hybridized carbons (Fsp3) is 0.200. The highest BCUT2D eigenvalue weighted by molar-refractivity contribution is 5.96. The van der Waals surface area contributed by atoms with Crippen LogP contribution in [-0.2, 0) is 0 Å². The number of nitrogens with two attached hydrogens (primary N) is 1. The van der Waals surface area contributed by atoms with Gasteiger partial charge in [0.05, 0.1) is 11.7 Å². The molecule has 0 saturated carbocycles. The van der Waals surface area contributed by atoms with Crippen LogP contribution in [-0.4, -0.2) is 10.9 Å². The van der Waals surface area contributed by atoms with Crippen LogP contribution >= 0.6 is 0 Å². The van der Waals surface area contributed by atoms with Gasteiger partial charge in [0.1, 0.15) is 0 Å². The average molecular weight is 255 g/mol. The van der Waals surface area contributed by atoms with E-state index < -0.39 is 0 Å². The number of aryl methyl sites for hydroxylation is 1. The number of nitrogen functional groups attached to an aromatic ring is 1. The number of nitrogens with one attached hydrogen (secondary N) is 1. The lowest BCUT2D eigenvalue weighted by atomic mass is 10.1. The monoisotopic (exact) mass is 255 g/mol. The van der Waals surface area contributed by atoms with Crippen LogP contribution in [0.2, 0.25) is 0 Å². The minimum Gasteiger partial charge on any atom is -0.399 e. The van der Waals surface area contributed by atoms with Crippen molar-refractivity contribution in [3.8, 4) is 0 Å². The summed E-state index contributed by atoms with van der Waals surface area (Å²) in [4.78, 5) is 16.4. The highest BCUT2D eigenvalue weighted by atomic mass is 16.1. The van der Waals surface area contributed by atoms with Gasteiger partial charge in [-0.1, -0.05) is 12.1 Å². The second kappa shape index (κ2) is 5.52. The number of benzene rings is 1.